The van der Waals surface area contributed by atoms with Gasteiger partial charge in [0, 0.05) is 23.5 Å². The number of ether oxygens (including phenoxy) is 1. The lowest BCUT2D eigenvalue weighted by molar-refractivity contribution is -0.156. The van der Waals surface area contributed by atoms with Crippen molar-refractivity contribution < 1.29 is 14.3 Å². The summed E-state index contributed by atoms with van der Waals surface area (Å²) in [6, 6.07) is 6.85. The summed E-state index contributed by atoms with van der Waals surface area (Å²) in [5.41, 5.74) is 7.77. The van der Waals surface area contributed by atoms with E-state index in [1.54, 1.807) is 0 Å². The van der Waals surface area contributed by atoms with E-state index in [-0.39, 0.29) is 5.11 Å². The number of fused-ring (bicyclic) bond motifs is 1. The molecule has 8 heteroatoms. The first kappa shape index (κ1) is 14.5. The van der Waals surface area contributed by atoms with Crippen LogP contribution >= 0.6 is 12.2 Å². The van der Waals surface area contributed by atoms with Crippen LogP contribution in [0.4, 0.5) is 0 Å². The number of thiocarbonyl (C=S) groups is 1. The molecule has 0 radical (unpaired) electrons. The maximum Gasteiger partial charge on any atom is 0.325 e. The molecular weight excluding hydrogens is 304 g/mol. The number of benzene rings is 1. The first-order valence-corrected chi connectivity index (χ1v) is 7.08. The molecule has 2 heterocycles. The van der Waals surface area contributed by atoms with E-state index in [9.17, 15) is 9.59 Å². The standard InChI is InChI=1S/C14H14N4O3S/c15-9(13(20)21-12-11(19)17-14(22)18-12)5-7-6-16-10-4-2-1-3-8(7)10/h1-4,6,9,12,16H,5,15H2,(H2,17,18,19,22)/t9-,12?/m0/s1. The van der Waals surface area contributed by atoms with Crippen molar-refractivity contribution in [3.8, 4) is 0 Å². The Hall–Kier alpha value is -2.45. The number of para-hydroxylation sites is 1. The maximum absolute atomic E-state index is 12.0. The van der Waals surface area contributed by atoms with Gasteiger partial charge in [0.25, 0.3) is 12.1 Å². The molecule has 2 aromatic rings. The summed E-state index contributed by atoms with van der Waals surface area (Å²) in [7, 11) is 0. The molecule has 0 saturated carbocycles. The van der Waals surface area contributed by atoms with Crippen LogP contribution in [0.5, 0.6) is 0 Å². The van der Waals surface area contributed by atoms with Crippen molar-refractivity contribution in [1.82, 2.24) is 15.6 Å². The fraction of sp³-hybridized carbons (Fsp3) is 0.214. The lowest BCUT2D eigenvalue weighted by Crippen LogP contribution is -2.41. The summed E-state index contributed by atoms with van der Waals surface area (Å²) in [5, 5.41) is 6.02. The molecule has 1 aliphatic heterocycles. The Balaban J connectivity index is 1.66. The first-order chi connectivity index (χ1) is 10.5. The summed E-state index contributed by atoms with van der Waals surface area (Å²) in [5.74, 6) is -1.17. The van der Waals surface area contributed by atoms with E-state index in [0.29, 0.717) is 6.42 Å². The number of carbonyl (C=O) groups excluding carboxylic acids is 2. The van der Waals surface area contributed by atoms with E-state index in [1.165, 1.54) is 0 Å². The molecule has 2 atom stereocenters. The molecule has 3 rings (SSSR count). The number of rotatable bonds is 4. The molecule has 1 amide bonds. The molecule has 0 bridgehead atoms. The third kappa shape index (κ3) is 2.78. The van der Waals surface area contributed by atoms with Gasteiger partial charge < -0.3 is 20.8 Å². The van der Waals surface area contributed by atoms with Crippen LogP contribution in [0.2, 0.25) is 0 Å². The second-order valence-electron chi connectivity index (χ2n) is 4.95. The third-order valence-corrected chi connectivity index (χ3v) is 3.61. The van der Waals surface area contributed by atoms with Gasteiger partial charge in [0.1, 0.15) is 6.04 Å². The van der Waals surface area contributed by atoms with Crippen LogP contribution in [0.1, 0.15) is 5.56 Å². The van der Waals surface area contributed by atoms with Gasteiger partial charge in [-0.3, -0.25) is 14.9 Å². The predicted molar refractivity (Wildman–Crippen MR) is 83.7 cm³/mol. The van der Waals surface area contributed by atoms with Gasteiger partial charge in [0.05, 0.1) is 0 Å². The van der Waals surface area contributed by atoms with Crippen molar-refractivity contribution in [3.05, 3.63) is 36.0 Å². The highest BCUT2D eigenvalue weighted by molar-refractivity contribution is 7.80. The van der Waals surface area contributed by atoms with Crippen LogP contribution in [0.15, 0.2) is 30.5 Å². The number of hydrogen-bond acceptors (Lipinski definition) is 5. The molecule has 1 saturated heterocycles. The lowest BCUT2D eigenvalue weighted by atomic mass is 10.1. The van der Waals surface area contributed by atoms with Gasteiger partial charge in [0.15, 0.2) is 5.11 Å². The Morgan fingerprint density at radius 3 is 2.91 bits per heavy atom. The first-order valence-electron chi connectivity index (χ1n) is 6.67. The summed E-state index contributed by atoms with van der Waals surface area (Å²) >= 11 is 4.77. The minimum atomic E-state index is -1.12. The minimum Gasteiger partial charge on any atom is -0.431 e. The van der Waals surface area contributed by atoms with Crippen LogP contribution in [-0.4, -0.2) is 34.2 Å². The fourth-order valence-corrected chi connectivity index (χ4v) is 2.51. The Labute approximate surface area is 131 Å². The van der Waals surface area contributed by atoms with E-state index in [4.69, 9.17) is 22.7 Å². The van der Waals surface area contributed by atoms with E-state index in [0.717, 1.165) is 16.5 Å². The molecule has 1 aliphatic rings. The third-order valence-electron chi connectivity index (χ3n) is 3.39. The Kier molecular flexibility index (Phi) is 3.78. The smallest absolute Gasteiger partial charge is 0.325 e. The topological polar surface area (TPSA) is 109 Å². The van der Waals surface area contributed by atoms with E-state index < -0.39 is 24.1 Å². The number of carbonyl (C=O) groups is 2. The molecule has 22 heavy (non-hydrogen) atoms. The molecule has 1 aromatic heterocycles. The van der Waals surface area contributed by atoms with Crippen LogP contribution in [0.25, 0.3) is 10.9 Å². The van der Waals surface area contributed by atoms with Crippen molar-refractivity contribution in [3.63, 3.8) is 0 Å². The highest BCUT2D eigenvalue weighted by atomic mass is 32.1. The largest absolute Gasteiger partial charge is 0.431 e. The Bertz CT molecular complexity index is 757. The van der Waals surface area contributed by atoms with Crippen LogP contribution in [0, 0.1) is 0 Å². The lowest BCUT2D eigenvalue weighted by Gasteiger charge is -2.14. The minimum absolute atomic E-state index is 0.132. The average Bonchev–Trinajstić information content (AvgIpc) is 3.03. The molecule has 1 fully saturated rings. The van der Waals surface area contributed by atoms with Crippen molar-refractivity contribution in [2.75, 3.05) is 0 Å². The summed E-state index contributed by atoms with van der Waals surface area (Å²) in [4.78, 5) is 26.6. The van der Waals surface area contributed by atoms with Crippen molar-refractivity contribution in [2.24, 2.45) is 5.73 Å². The zero-order valence-electron chi connectivity index (χ0n) is 11.5. The van der Waals surface area contributed by atoms with Gasteiger partial charge in [-0.2, -0.15) is 0 Å². The van der Waals surface area contributed by atoms with Gasteiger partial charge in [-0.15, -0.1) is 0 Å². The molecular formula is C14H14N4O3S. The Morgan fingerprint density at radius 1 is 1.41 bits per heavy atom. The molecule has 0 aliphatic carbocycles. The number of hydrogen-bond donors (Lipinski definition) is 4. The summed E-state index contributed by atoms with van der Waals surface area (Å²) in [6.07, 6.45) is 1.00. The molecule has 7 nitrogen and oxygen atoms in total. The second kappa shape index (κ2) is 5.74. The Morgan fingerprint density at radius 2 is 2.18 bits per heavy atom. The van der Waals surface area contributed by atoms with Gasteiger partial charge >= 0.3 is 5.97 Å². The SMILES string of the molecule is N[C@@H](Cc1c[nH]c2ccccc12)C(=O)OC1NC(=S)NC1=O. The van der Waals surface area contributed by atoms with Gasteiger partial charge in [-0.1, -0.05) is 18.2 Å². The zero-order chi connectivity index (χ0) is 15.7. The van der Waals surface area contributed by atoms with E-state index in [1.807, 2.05) is 30.5 Å². The fourth-order valence-electron chi connectivity index (χ4n) is 2.31. The number of aromatic nitrogens is 1. The zero-order valence-corrected chi connectivity index (χ0v) is 12.3. The highest BCUT2D eigenvalue weighted by Gasteiger charge is 2.32. The molecule has 1 unspecified atom stereocenters. The van der Waals surface area contributed by atoms with Crippen LogP contribution < -0.4 is 16.4 Å². The van der Waals surface area contributed by atoms with Crippen molar-refractivity contribution in [2.45, 2.75) is 18.7 Å². The predicted octanol–water partition coefficient (Wildman–Crippen LogP) is -0.0887. The molecule has 0 spiro atoms. The van der Waals surface area contributed by atoms with Crippen LogP contribution in [0.3, 0.4) is 0 Å². The van der Waals surface area contributed by atoms with Gasteiger partial charge in [0.2, 0.25) is 0 Å². The highest BCUT2D eigenvalue weighted by Crippen LogP contribution is 2.19. The molecule has 114 valence electrons. The number of nitrogens with one attached hydrogen (secondary N) is 3. The second-order valence-corrected chi connectivity index (χ2v) is 5.36. The maximum atomic E-state index is 12.0. The molecule has 5 N–H and O–H groups in total. The number of H-pyrrole nitrogens is 1. The van der Waals surface area contributed by atoms with E-state index in [2.05, 4.69) is 15.6 Å². The van der Waals surface area contributed by atoms with E-state index >= 15 is 0 Å². The number of aromatic amines is 1. The van der Waals surface area contributed by atoms with Crippen molar-refractivity contribution in [1.29, 1.82) is 0 Å². The quantitative estimate of drug-likeness (QED) is 0.463. The average molecular weight is 318 g/mol. The van der Waals surface area contributed by atoms with Gasteiger partial charge in [-0.25, -0.2) is 0 Å². The summed E-state index contributed by atoms with van der Waals surface area (Å²) < 4.78 is 5.03. The van der Waals surface area contributed by atoms with Crippen LogP contribution in [-0.2, 0) is 20.7 Å². The number of esters is 1. The monoisotopic (exact) mass is 318 g/mol. The van der Waals surface area contributed by atoms with Gasteiger partial charge in [-0.05, 0) is 23.8 Å². The van der Waals surface area contributed by atoms with Crippen molar-refractivity contribution >= 4 is 40.1 Å². The summed E-state index contributed by atoms with van der Waals surface area (Å²) in [6.45, 7) is 0. The normalized spacial score (nSPS) is 18.9. The number of nitrogens with two attached hydrogens (primary N) is 1. The molecule has 1 aromatic carbocycles. The number of amides is 1.